The highest BCUT2D eigenvalue weighted by Crippen LogP contribution is 2.29. The molecule has 2 aliphatic heterocycles. The Hall–Kier alpha value is -1.46. The molecular formula is C20H28FNO3. The van der Waals surface area contributed by atoms with Crippen molar-refractivity contribution in [2.75, 3.05) is 26.3 Å². The molecule has 2 saturated heterocycles. The van der Waals surface area contributed by atoms with E-state index in [4.69, 9.17) is 9.47 Å². The Morgan fingerprint density at radius 1 is 1.32 bits per heavy atom. The summed E-state index contributed by atoms with van der Waals surface area (Å²) in [5, 5.41) is 0. The Labute approximate surface area is 149 Å². The SMILES string of the molecule is CC(C)[C@@H]1C[C@@H](CC(=O)N2CCO[C@@H](c3cccc(F)c3)C2)CCO1. The van der Waals surface area contributed by atoms with Gasteiger partial charge in [-0.2, -0.15) is 0 Å². The molecule has 3 rings (SSSR count). The third-order valence-electron chi connectivity index (χ3n) is 5.27. The molecule has 1 amide bonds. The van der Waals surface area contributed by atoms with Gasteiger partial charge < -0.3 is 14.4 Å². The number of hydrogen-bond acceptors (Lipinski definition) is 3. The summed E-state index contributed by atoms with van der Waals surface area (Å²) < 4.78 is 25.0. The second kappa shape index (κ2) is 8.28. The summed E-state index contributed by atoms with van der Waals surface area (Å²) in [5.74, 6) is 0.786. The largest absolute Gasteiger partial charge is 0.378 e. The number of amides is 1. The molecule has 0 saturated carbocycles. The third-order valence-corrected chi connectivity index (χ3v) is 5.27. The van der Waals surface area contributed by atoms with Crippen LogP contribution in [0.15, 0.2) is 24.3 Å². The van der Waals surface area contributed by atoms with Gasteiger partial charge in [0.25, 0.3) is 0 Å². The molecule has 0 aromatic heterocycles. The molecule has 5 heteroatoms. The van der Waals surface area contributed by atoms with Crippen molar-refractivity contribution in [3.63, 3.8) is 0 Å². The van der Waals surface area contributed by atoms with E-state index in [1.54, 1.807) is 6.07 Å². The first kappa shape index (κ1) is 18.3. The maximum atomic E-state index is 13.4. The van der Waals surface area contributed by atoms with Crippen LogP contribution in [-0.2, 0) is 14.3 Å². The van der Waals surface area contributed by atoms with E-state index in [-0.39, 0.29) is 23.9 Å². The van der Waals surface area contributed by atoms with Crippen LogP contribution in [0.25, 0.3) is 0 Å². The van der Waals surface area contributed by atoms with Gasteiger partial charge in [0, 0.05) is 19.6 Å². The summed E-state index contributed by atoms with van der Waals surface area (Å²) in [6, 6.07) is 6.45. The summed E-state index contributed by atoms with van der Waals surface area (Å²) in [6.45, 7) is 6.69. The second-order valence-electron chi connectivity index (χ2n) is 7.50. The minimum Gasteiger partial charge on any atom is -0.378 e. The summed E-state index contributed by atoms with van der Waals surface area (Å²) in [6.07, 6.45) is 2.50. The smallest absolute Gasteiger partial charge is 0.223 e. The predicted octanol–water partition coefficient (Wildman–Crippen LogP) is 3.57. The number of morpholine rings is 1. The quantitative estimate of drug-likeness (QED) is 0.834. The van der Waals surface area contributed by atoms with Crippen LogP contribution >= 0.6 is 0 Å². The van der Waals surface area contributed by atoms with Gasteiger partial charge in [0.05, 0.1) is 19.3 Å². The highest BCUT2D eigenvalue weighted by molar-refractivity contribution is 5.76. The van der Waals surface area contributed by atoms with Gasteiger partial charge in [-0.25, -0.2) is 4.39 Å². The first-order valence-corrected chi connectivity index (χ1v) is 9.29. The Bertz CT molecular complexity index is 592. The first-order chi connectivity index (χ1) is 12.0. The molecule has 1 aromatic rings. The fraction of sp³-hybridized carbons (Fsp3) is 0.650. The van der Waals surface area contributed by atoms with Gasteiger partial charge in [-0.1, -0.05) is 26.0 Å². The molecule has 1 aromatic carbocycles. The Morgan fingerprint density at radius 2 is 2.16 bits per heavy atom. The standard InChI is InChI=1S/C20H28FNO3/c1-14(2)18-10-15(6-8-24-18)11-20(23)22-7-9-25-19(13-22)16-4-3-5-17(21)12-16/h3-5,12,14-15,18-19H,6-11,13H2,1-2H3/t15-,18-,19+/m0/s1. The molecule has 0 radical (unpaired) electrons. The highest BCUT2D eigenvalue weighted by Gasteiger charge is 2.30. The van der Waals surface area contributed by atoms with Crippen molar-refractivity contribution in [1.82, 2.24) is 4.90 Å². The van der Waals surface area contributed by atoms with E-state index >= 15 is 0 Å². The summed E-state index contributed by atoms with van der Waals surface area (Å²) in [7, 11) is 0. The molecule has 138 valence electrons. The van der Waals surface area contributed by atoms with E-state index in [2.05, 4.69) is 13.8 Å². The Morgan fingerprint density at radius 3 is 2.92 bits per heavy atom. The van der Waals surface area contributed by atoms with Crippen molar-refractivity contribution in [2.45, 2.75) is 45.3 Å². The molecule has 0 aliphatic carbocycles. The van der Waals surface area contributed by atoms with E-state index in [0.29, 0.717) is 38.0 Å². The fourth-order valence-corrected chi connectivity index (χ4v) is 3.71. The van der Waals surface area contributed by atoms with Crippen molar-refractivity contribution >= 4 is 5.91 Å². The molecule has 3 atom stereocenters. The van der Waals surface area contributed by atoms with Crippen molar-refractivity contribution in [1.29, 1.82) is 0 Å². The second-order valence-corrected chi connectivity index (χ2v) is 7.50. The predicted molar refractivity (Wildman–Crippen MR) is 93.6 cm³/mol. The van der Waals surface area contributed by atoms with Gasteiger partial charge in [-0.3, -0.25) is 4.79 Å². The van der Waals surface area contributed by atoms with Crippen LogP contribution in [0, 0.1) is 17.7 Å². The normalized spacial score (nSPS) is 27.5. The number of carbonyl (C=O) groups excluding carboxylic acids is 1. The molecule has 0 spiro atoms. The zero-order chi connectivity index (χ0) is 17.8. The lowest BCUT2D eigenvalue weighted by Crippen LogP contribution is -2.43. The lowest BCUT2D eigenvalue weighted by atomic mass is 9.87. The average molecular weight is 349 g/mol. The topological polar surface area (TPSA) is 38.8 Å². The maximum Gasteiger partial charge on any atom is 0.223 e. The number of nitrogens with zero attached hydrogens (tertiary/aromatic N) is 1. The number of hydrogen-bond donors (Lipinski definition) is 0. The Balaban J connectivity index is 1.57. The van der Waals surface area contributed by atoms with Crippen LogP contribution in [-0.4, -0.2) is 43.2 Å². The van der Waals surface area contributed by atoms with E-state index in [9.17, 15) is 9.18 Å². The minimum atomic E-state index is -0.272. The van der Waals surface area contributed by atoms with Crippen molar-refractivity contribution in [3.8, 4) is 0 Å². The highest BCUT2D eigenvalue weighted by atomic mass is 19.1. The zero-order valence-corrected chi connectivity index (χ0v) is 15.1. The molecule has 2 fully saturated rings. The fourth-order valence-electron chi connectivity index (χ4n) is 3.71. The van der Waals surface area contributed by atoms with Crippen LogP contribution in [0.1, 0.15) is 44.8 Å². The monoisotopic (exact) mass is 349 g/mol. The average Bonchev–Trinajstić information content (AvgIpc) is 2.62. The zero-order valence-electron chi connectivity index (χ0n) is 15.1. The molecule has 25 heavy (non-hydrogen) atoms. The van der Waals surface area contributed by atoms with Crippen molar-refractivity contribution in [3.05, 3.63) is 35.6 Å². The summed E-state index contributed by atoms with van der Waals surface area (Å²) >= 11 is 0. The van der Waals surface area contributed by atoms with E-state index < -0.39 is 0 Å². The molecule has 0 unspecified atom stereocenters. The van der Waals surface area contributed by atoms with E-state index in [0.717, 1.165) is 25.0 Å². The maximum absolute atomic E-state index is 13.4. The lowest BCUT2D eigenvalue weighted by Gasteiger charge is -2.36. The summed E-state index contributed by atoms with van der Waals surface area (Å²) in [5.41, 5.74) is 0.795. The number of rotatable bonds is 4. The minimum absolute atomic E-state index is 0.180. The van der Waals surface area contributed by atoms with Gasteiger partial charge >= 0.3 is 0 Å². The van der Waals surface area contributed by atoms with Crippen molar-refractivity contribution in [2.24, 2.45) is 11.8 Å². The van der Waals surface area contributed by atoms with Crippen molar-refractivity contribution < 1.29 is 18.7 Å². The van der Waals surface area contributed by atoms with Crippen LogP contribution in [0.2, 0.25) is 0 Å². The van der Waals surface area contributed by atoms with Gasteiger partial charge in [-0.15, -0.1) is 0 Å². The van der Waals surface area contributed by atoms with Crippen LogP contribution in [0.3, 0.4) is 0 Å². The van der Waals surface area contributed by atoms with Gasteiger partial charge in [-0.05, 0) is 42.4 Å². The molecule has 4 nitrogen and oxygen atoms in total. The van der Waals surface area contributed by atoms with Gasteiger partial charge in [0.2, 0.25) is 5.91 Å². The van der Waals surface area contributed by atoms with Crippen LogP contribution in [0.5, 0.6) is 0 Å². The number of ether oxygens (including phenoxy) is 2. The third kappa shape index (κ3) is 4.79. The van der Waals surface area contributed by atoms with Crippen LogP contribution in [0.4, 0.5) is 4.39 Å². The van der Waals surface area contributed by atoms with E-state index in [1.165, 1.54) is 12.1 Å². The molecule has 0 N–H and O–H groups in total. The molecule has 0 bridgehead atoms. The Kier molecular flexibility index (Phi) is 6.07. The summed E-state index contributed by atoms with van der Waals surface area (Å²) in [4.78, 5) is 14.6. The number of benzene rings is 1. The van der Waals surface area contributed by atoms with Gasteiger partial charge in [0.15, 0.2) is 0 Å². The first-order valence-electron chi connectivity index (χ1n) is 9.29. The molecular weight excluding hydrogens is 321 g/mol. The molecule has 2 aliphatic rings. The lowest BCUT2D eigenvalue weighted by molar-refractivity contribution is -0.141. The van der Waals surface area contributed by atoms with Gasteiger partial charge in [0.1, 0.15) is 11.9 Å². The number of halogens is 1. The van der Waals surface area contributed by atoms with E-state index in [1.807, 2.05) is 11.0 Å². The number of carbonyl (C=O) groups is 1. The molecule has 2 heterocycles. The van der Waals surface area contributed by atoms with Crippen LogP contribution < -0.4 is 0 Å².